The van der Waals surface area contributed by atoms with Gasteiger partial charge in [0.25, 0.3) is 0 Å². The van der Waals surface area contributed by atoms with E-state index in [4.69, 9.17) is 22.4 Å². The van der Waals surface area contributed by atoms with Gasteiger partial charge in [0, 0.05) is 5.02 Å². The molecule has 1 aromatic rings. The fourth-order valence-electron chi connectivity index (χ4n) is 1.14. The lowest BCUT2D eigenvalue weighted by Crippen LogP contribution is -2.30. The van der Waals surface area contributed by atoms with Crippen molar-refractivity contribution < 1.29 is 9.90 Å². The Hall–Kier alpha value is -1.06. The van der Waals surface area contributed by atoms with E-state index >= 15 is 0 Å². The summed E-state index contributed by atoms with van der Waals surface area (Å²) in [7, 11) is 0. The highest BCUT2D eigenvalue weighted by Gasteiger charge is 2.10. The molecule has 0 fully saturated rings. The van der Waals surface area contributed by atoms with Gasteiger partial charge in [-0.15, -0.1) is 0 Å². The average Bonchev–Trinajstić information content (AvgIpc) is 2.14. The molecule has 0 saturated carbocycles. The van der Waals surface area contributed by atoms with Crippen LogP contribution >= 0.6 is 11.6 Å². The number of carbonyl (C=O) groups is 1. The summed E-state index contributed by atoms with van der Waals surface area (Å²) in [5, 5.41) is 9.22. The molecule has 1 atom stereocenters. The Morgan fingerprint density at radius 3 is 2.86 bits per heavy atom. The van der Waals surface area contributed by atoms with Crippen LogP contribution in [0.25, 0.3) is 0 Å². The number of nitrogens with two attached hydrogens (primary N) is 1. The number of rotatable bonds is 4. The quantitative estimate of drug-likeness (QED) is 0.800. The minimum atomic E-state index is -0.966. The Labute approximate surface area is 87.5 Å². The van der Waals surface area contributed by atoms with Crippen molar-refractivity contribution >= 4 is 17.6 Å². The second kappa shape index (κ2) is 4.98. The average molecular weight is 214 g/mol. The summed E-state index contributed by atoms with van der Waals surface area (Å²) in [6.07, 6.45) is 1.06. The van der Waals surface area contributed by atoms with E-state index in [-0.39, 0.29) is 0 Å². The first-order chi connectivity index (χ1) is 6.59. The standard InChI is InChI=1S/C10H12ClNO2/c11-8-3-1-2-7(6-8)4-5-9(12)10(13)14/h1-3,6,9H,4-5,12H2,(H,13,14)/t9-/m1/s1. The van der Waals surface area contributed by atoms with Crippen molar-refractivity contribution in [3.05, 3.63) is 34.9 Å². The van der Waals surface area contributed by atoms with Crippen molar-refractivity contribution in [1.82, 2.24) is 0 Å². The molecule has 1 rings (SSSR count). The maximum absolute atomic E-state index is 10.4. The zero-order valence-electron chi connectivity index (χ0n) is 7.61. The molecule has 0 aliphatic carbocycles. The molecule has 3 nitrogen and oxygen atoms in total. The topological polar surface area (TPSA) is 63.3 Å². The third kappa shape index (κ3) is 3.36. The van der Waals surface area contributed by atoms with Crippen molar-refractivity contribution in [2.75, 3.05) is 0 Å². The van der Waals surface area contributed by atoms with Gasteiger partial charge in [0.2, 0.25) is 0 Å². The summed E-state index contributed by atoms with van der Waals surface area (Å²) in [6, 6.07) is 6.54. The number of carboxylic acid groups (broad SMARTS) is 1. The highest BCUT2D eigenvalue weighted by atomic mass is 35.5. The van der Waals surface area contributed by atoms with Crippen LogP contribution < -0.4 is 5.73 Å². The van der Waals surface area contributed by atoms with E-state index in [0.717, 1.165) is 5.56 Å². The van der Waals surface area contributed by atoms with Crippen LogP contribution in [0.3, 0.4) is 0 Å². The molecule has 0 spiro atoms. The van der Waals surface area contributed by atoms with Gasteiger partial charge in [-0.05, 0) is 30.5 Å². The van der Waals surface area contributed by atoms with Gasteiger partial charge < -0.3 is 10.8 Å². The van der Waals surface area contributed by atoms with Crippen molar-refractivity contribution in [3.8, 4) is 0 Å². The summed E-state index contributed by atoms with van der Waals surface area (Å²) in [5.41, 5.74) is 6.38. The summed E-state index contributed by atoms with van der Waals surface area (Å²) < 4.78 is 0. The van der Waals surface area contributed by atoms with Crippen molar-refractivity contribution in [2.24, 2.45) is 5.73 Å². The number of aryl methyl sites for hydroxylation is 1. The monoisotopic (exact) mass is 213 g/mol. The normalized spacial score (nSPS) is 12.4. The first-order valence-corrected chi connectivity index (χ1v) is 4.70. The maximum Gasteiger partial charge on any atom is 0.320 e. The Kier molecular flexibility index (Phi) is 3.92. The van der Waals surface area contributed by atoms with Crippen LogP contribution in [0.15, 0.2) is 24.3 Å². The van der Waals surface area contributed by atoms with Gasteiger partial charge in [-0.25, -0.2) is 0 Å². The Morgan fingerprint density at radius 1 is 1.57 bits per heavy atom. The fraction of sp³-hybridized carbons (Fsp3) is 0.300. The van der Waals surface area contributed by atoms with Gasteiger partial charge in [0.1, 0.15) is 6.04 Å². The second-order valence-corrected chi connectivity index (χ2v) is 3.55. The largest absolute Gasteiger partial charge is 0.480 e. The molecule has 0 saturated heterocycles. The number of hydrogen-bond donors (Lipinski definition) is 2. The zero-order valence-corrected chi connectivity index (χ0v) is 8.37. The molecule has 0 radical (unpaired) electrons. The highest BCUT2D eigenvalue weighted by Crippen LogP contribution is 2.12. The number of halogens is 1. The molecule has 76 valence electrons. The fourth-order valence-corrected chi connectivity index (χ4v) is 1.35. The number of benzene rings is 1. The van der Waals surface area contributed by atoms with Crippen molar-refractivity contribution in [1.29, 1.82) is 0 Å². The molecular formula is C10H12ClNO2. The molecule has 0 aliphatic heterocycles. The van der Waals surface area contributed by atoms with Gasteiger partial charge in [-0.1, -0.05) is 23.7 Å². The van der Waals surface area contributed by atoms with Crippen LogP contribution in [-0.2, 0) is 11.2 Å². The number of hydrogen-bond acceptors (Lipinski definition) is 2. The predicted octanol–water partition coefficient (Wildman–Crippen LogP) is 1.68. The van der Waals surface area contributed by atoms with E-state index in [1.54, 1.807) is 6.07 Å². The van der Waals surface area contributed by atoms with Crippen LogP contribution in [0.2, 0.25) is 5.02 Å². The van der Waals surface area contributed by atoms with Crippen molar-refractivity contribution in [2.45, 2.75) is 18.9 Å². The van der Waals surface area contributed by atoms with E-state index < -0.39 is 12.0 Å². The molecule has 1 aromatic carbocycles. The SMILES string of the molecule is N[C@H](CCc1cccc(Cl)c1)C(=O)O. The smallest absolute Gasteiger partial charge is 0.320 e. The van der Waals surface area contributed by atoms with Gasteiger partial charge in [0.05, 0.1) is 0 Å². The Bertz CT molecular complexity index is 328. The van der Waals surface area contributed by atoms with Gasteiger partial charge in [0.15, 0.2) is 0 Å². The summed E-state index contributed by atoms with van der Waals surface area (Å²) in [5.74, 6) is -0.966. The molecule has 0 amide bonds. The molecule has 0 aromatic heterocycles. The van der Waals surface area contributed by atoms with Crippen LogP contribution in [0, 0.1) is 0 Å². The third-order valence-electron chi connectivity index (χ3n) is 1.95. The summed E-state index contributed by atoms with van der Waals surface area (Å²) >= 11 is 5.78. The van der Waals surface area contributed by atoms with Crippen LogP contribution in [-0.4, -0.2) is 17.1 Å². The summed E-state index contributed by atoms with van der Waals surface area (Å²) in [4.78, 5) is 10.4. The van der Waals surface area contributed by atoms with E-state index in [1.165, 1.54) is 0 Å². The molecular weight excluding hydrogens is 202 g/mol. The van der Waals surface area contributed by atoms with E-state index in [1.807, 2.05) is 18.2 Å². The van der Waals surface area contributed by atoms with Gasteiger partial charge >= 0.3 is 5.97 Å². The van der Waals surface area contributed by atoms with Crippen LogP contribution in [0.4, 0.5) is 0 Å². The second-order valence-electron chi connectivity index (χ2n) is 3.11. The summed E-state index contributed by atoms with van der Waals surface area (Å²) in [6.45, 7) is 0. The lowest BCUT2D eigenvalue weighted by molar-refractivity contribution is -0.138. The molecule has 14 heavy (non-hydrogen) atoms. The van der Waals surface area contributed by atoms with E-state index in [2.05, 4.69) is 0 Å². The minimum absolute atomic E-state index is 0.426. The lowest BCUT2D eigenvalue weighted by Gasteiger charge is -2.05. The lowest BCUT2D eigenvalue weighted by atomic mass is 10.1. The van der Waals surface area contributed by atoms with Crippen LogP contribution in [0.5, 0.6) is 0 Å². The number of aliphatic carboxylic acids is 1. The highest BCUT2D eigenvalue weighted by molar-refractivity contribution is 6.30. The predicted molar refractivity (Wildman–Crippen MR) is 55.4 cm³/mol. The Morgan fingerprint density at radius 2 is 2.29 bits per heavy atom. The first-order valence-electron chi connectivity index (χ1n) is 4.32. The molecule has 0 unspecified atom stereocenters. The van der Waals surface area contributed by atoms with Gasteiger partial charge in [-0.2, -0.15) is 0 Å². The van der Waals surface area contributed by atoms with Gasteiger partial charge in [-0.3, -0.25) is 4.79 Å². The molecule has 0 heterocycles. The number of carboxylic acids is 1. The maximum atomic E-state index is 10.4. The van der Waals surface area contributed by atoms with Crippen LogP contribution in [0.1, 0.15) is 12.0 Å². The minimum Gasteiger partial charge on any atom is -0.480 e. The molecule has 0 bridgehead atoms. The van der Waals surface area contributed by atoms with E-state index in [9.17, 15) is 4.79 Å². The van der Waals surface area contributed by atoms with Crippen molar-refractivity contribution in [3.63, 3.8) is 0 Å². The molecule has 4 heteroatoms. The molecule has 3 N–H and O–H groups in total. The molecule has 0 aliphatic rings. The zero-order chi connectivity index (χ0) is 10.6. The third-order valence-corrected chi connectivity index (χ3v) is 2.19. The van der Waals surface area contributed by atoms with E-state index in [0.29, 0.717) is 17.9 Å². The first kappa shape index (κ1) is 11.0. The Balaban J connectivity index is 2.49.